The van der Waals surface area contributed by atoms with Crippen molar-refractivity contribution in [2.24, 2.45) is 23.7 Å². The second-order valence-electron chi connectivity index (χ2n) is 9.93. The normalized spacial score (nSPS) is 37.1. The van der Waals surface area contributed by atoms with E-state index in [9.17, 15) is 18.3 Å². The third-order valence-corrected chi connectivity index (χ3v) is 10.1. The number of rotatable bonds is 4. The van der Waals surface area contributed by atoms with Gasteiger partial charge in [0.15, 0.2) is 0 Å². The van der Waals surface area contributed by atoms with Crippen LogP contribution in [0.2, 0.25) is 0 Å². The van der Waals surface area contributed by atoms with Crippen molar-refractivity contribution in [1.82, 2.24) is 9.62 Å². The zero-order valence-corrected chi connectivity index (χ0v) is 18.2. The molecule has 1 amide bonds. The average molecular weight is 433 g/mol. The number of fused-ring (bicyclic) bond motifs is 2. The van der Waals surface area contributed by atoms with Crippen LogP contribution in [0.25, 0.3) is 0 Å². The number of piperidine rings is 1. The fourth-order valence-corrected chi connectivity index (χ4v) is 8.20. The Hall–Kier alpha value is -1.44. The van der Waals surface area contributed by atoms with Gasteiger partial charge in [0.2, 0.25) is 15.9 Å². The van der Waals surface area contributed by atoms with Crippen LogP contribution < -0.4 is 5.32 Å². The van der Waals surface area contributed by atoms with Gasteiger partial charge in [-0.1, -0.05) is 31.0 Å². The Bertz CT molecular complexity index is 897. The van der Waals surface area contributed by atoms with Crippen molar-refractivity contribution < 1.29 is 18.3 Å². The lowest BCUT2D eigenvalue weighted by Gasteiger charge is -2.44. The quantitative estimate of drug-likeness (QED) is 0.766. The van der Waals surface area contributed by atoms with Gasteiger partial charge in [-0.25, -0.2) is 8.42 Å². The average Bonchev–Trinajstić information content (AvgIpc) is 3.02. The molecule has 30 heavy (non-hydrogen) atoms. The molecule has 7 heteroatoms. The lowest BCUT2D eigenvalue weighted by atomic mass is 9.72. The molecular formula is C23H32N2O4S. The summed E-state index contributed by atoms with van der Waals surface area (Å²) in [4.78, 5) is 13.4. The summed E-state index contributed by atoms with van der Waals surface area (Å²) >= 11 is 0. The van der Waals surface area contributed by atoms with E-state index in [-0.39, 0.29) is 17.9 Å². The highest BCUT2D eigenvalue weighted by Crippen LogP contribution is 2.55. The number of nitrogens with zero attached hydrogens (tertiary/aromatic N) is 1. The molecule has 1 aliphatic heterocycles. The van der Waals surface area contributed by atoms with Crippen molar-refractivity contribution in [3.63, 3.8) is 0 Å². The number of amides is 1. The first-order valence-electron chi connectivity index (χ1n) is 11.4. The number of hydrogen-bond donors (Lipinski definition) is 2. The van der Waals surface area contributed by atoms with Crippen LogP contribution in [0.15, 0.2) is 35.2 Å². The minimum absolute atomic E-state index is 0.00217. The Kier molecular flexibility index (Phi) is 5.19. The monoisotopic (exact) mass is 432 g/mol. The van der Waals surface area contributed by atoms with Crippen LogP contribution in [0.4, 0.5) is 0 Å². The molecule has 0 radical (unpaired) electrons. The number of carbonyl (C=O) groups is 1. The Morgan fingerprint density at radius 3 is 2.47 bits per heavy atom. The minimum atomic E-state index is -3.51. The highest BCUT2D eigenvalue weighted by Gasteiger charge is 2.55. The molecule has 1 saturated heterocycles. The lowest BCUT2D eigenvalue weighted by Crippen LogP contribution is -2.59. The van der Waals surface area contributed by atoms with Crippen molar-refractivity contribution >= 4 is 15.9 Å². The molecule has 2 N–H and O–H groups in total. The van der Waals surface area contributed by atoms with Crippen molar-refractivity contribution in [2.75, 3.05) is 13.1 Å². The second-order valence-corrected chi connectivity index (χ2v) is 11.9. The number of nitrogens with one attached hydrogen (secondary N) is 1. The van der Waals surface area contributed by atoms with E-state index in [1.165, 1.54) is 10.7 Å². The number of hydrogen-bond acceptors (Lipinski definition) is 4. The van der Waals surface area contributed by atoms with E-state index in [2.05, 4.69) is 5.32 Å². The van der Waals surface area contributed by atoms with Gasteiger partial charge in [0.05, 0.1) is 16.5 Å². The van der Waals surface area contributed by atoms with E-state index < -0.39 is 15.6 Å². The molecule has 3 bridgehead atoms. The fraction of sp³-hybridized carbons (Fsp3) is 0.696. The molecule has 5 atom stereocenters. The zero-order valence-electron chi connectivity index (χ0n) is 17.4. The molecule has 1 heterocycles. The molecule has 5 unspecified atom stereocenters. The molecule has 164 valence electrons. The van der Waals surface area contributed by atoms with E-state index >= 15 is 0 Å². The maximum absolute atomic E-state index is 13.1. The van der Waals surface area contributed by atoms with Gasteiger partial charge >= 0.3 is 0 Å². The molecular weight excluding hydrogens is 400 g/mol. The summed E-state index contributed by atoms with van der Waals surface area (Å²) in [7, 11) is -3.51. The predicted octanol–water partition coefficient (Wildman–Crippen LogP) is 2.53. The van der Waals surface area contributed by atoms with Crippen molar-refractivity contribution in [2.45, 2.75) is 67.9 Å². The summed E-state index contributed by atoms with van der Waals surface area (Å²) in [5.74, 6) is 1.55. The Morgan fingerprint density at radius 1 is 1.03 bits per heavy atom. The summed E-state index contributed by atoms with van der Waals surface area (Å²) in [5.41, 5.74) is -0.758. The molecule has 1 aromatic carbocycles. The van der Waals surface area contributed by atoms with Crippen LogP contribution in [0.1, 0.15) is 51.4 Å². The smallest absolute Gasteiger partial charge is 0.243 e. The number of aliphatic hydroxyl groups is 1. The van der Waals surface area contributed by atoms with Gasteiger partial charge in [-0.2, -0.15) is 4.31 Å². The molecule has 3 saturated carbocycles. The SMILES string of the molecule is O=C(NC1C2CC3CCCC1(O)CC3C2)C1CCN(S(=O)(=O)c2ccccc2)CC1. The van der Waals surface area contributed by atoms with Gasteiger partial charge in [0.1, 0.15) is 0 Å². The van der Waals surface area contributed by atoms with Crippen LogP contribution in [-0.2, 0) is 14.8 Å². The molecule has 5 rings (SSSR count). The van der Waals surface area contributed by atoms with Crippen LogP contribution >= 0.6 is 0 Å². The summed E-state index contributed by atoms with van der Waals surface area (Å²) in [5, 5.41) is 14.6. The minimum Gasteiger partial charge on any atom is -0.388 e. The van der Waals surface area contributed by atoms with Gasteiger partial charge in [-0.3, -0.25) is 4.79 Å². The first-order valence-corrected chi connectivity index (χ1v) is 12.9. The Labute approximate surface area is 179 Å². The van der Waals surface area contributed by atoms with Crippen LogP contribution in [0.5, 0.6) is 0 Å². The van der Waals surface area contributed by atoms with E-state index in [4.69, 9.17) is 0 Å². The molecule has 4 fully saturated rings. The first-order chi connectivity index (χ1) is 14.4. The highest BCUT2D eigenvalue weighted by molar-refractivity contribution is 7.89. The number of carbonyl (C=O) groups excluding carboxylic acids is 1. The largest absolute Gasteiger partial charge is 0.388 e. The zero-order chi connectivity index (χ0) is 20.9. The molecule has 0 aromatic heterocycles. The third kappa shape index (κ3) is 3.49. The van der Waals surface area contributed by atoms with Crippen LogP contribution in [-0.4, -0.2) is 48.5 Å². The van der Waals surface area contributed by atoms with Gasteiger partial charge in [-0.05, 0) is 68.4 Å². The standard InChI is InChI=1S/C23H32N2O4S/c26-22(24-21-18-13-17-5-4-10-23(21,27)15-19(17)14-18)16-8-11-25(12-9-16)30(28,29)20-6-2-1-3-7-20/h1-3,6-7,16-19,21,27H,4-5,8-15H2,(H,24,26). The van der Waals surface area contributed by atoms with Gasteiger partial charge < -0.3 is 10.4 Å². The van der Waals surface area contributed by atoms with E-state index in [1.54, 1.807) is 30.3 Å². The van der Waals surface area contributed by atoms with Crippen molar-refractivity contribution in [3.8, 4) is 0 Å². The van der Waals surface area contributed by atoms with E-state index in [0.717, 1.165) is 38.0 Å². The molecule has 1 aromatic rings. The highest BCUT2D eigenvalue weighted by atomic mass is 32.2. The Morgan fingerprint density at radius 2 is 1.73 bits per heavy atom. The number of benzene rings is 1. The van der Waals surface area contributed by atoms with Crippen LogP contribution in [0.3, 0.4) is 0 Å². The molecule has 4 aliphatic rings. The maximum atomic E-state index is 13.1. The third-order valence-electron chi connectivity index (χ3n) is 8.23. The molecule has 6 nitrogen and oxygen atoms in total. The topological polar surface area (TPSA) is 86.7 Å². The maximum Gasteiger partial charge on any atom is 0.243 e. The van der Waals surface area contributed by atoms with Crippen molar-refractivity contribution in [3.05, 3.63) is 30.3 Å². The van der Waals surface area contributed by atoms with Crippen molar-refractivity contribution in [1.29, 1.82) is 0 Å². The summed E-state index contributed by atoms with van der Waals surface area (Å²) < 4.78 is 27.1. The summed E-state index contributed by atoms with van der Waals surface area (Å²) in [6.07, 6.45) is 7.20. The summed E-state index contributed by atoms with van der Waals surface area (Å²) in [6.45, 7) is 0.718. The Balaban J connectivity index is 1.22. The summed E-state index contributed by atoms with van der Waals surface area (Å²) in [6, 6.07) is 8.35. The second kappa shape index (κ2) is 7.61. The van der Waals surface area contributed by atoms with Gasteiger partial charge in [-0.15, -0.1) is 0 Å². The fourth-order valence-electron chi connectivity index (χ4n) is 6.71. The van der Waals surface area contributed by atoms with E-state index in [1.807, 2.05) is 0 Å². The first kappa shape index (κ1) is 20.5. The van der Waals surface area contributed by atoms with Gasteiger partial charge in [0.25, 0.3) is 0 Å². The molecule has 3 aliphatic carbocycles. The predicted molar refractivity (Wildman–Crippen MR) is 113 cm³/mol. The van der Waals surface area contributed by atoms with Crippen LogP contribution in [0, 0.1) is 23.7 Å². The van der Waals surface area contributed by atoms with E-state index in [0.29, 0.717) is 42.7 Å². The van der Waals surface area contributed by atoms with Gasteiger partial charge in [0, 0.05) is 19.0 Å². The number of sulfonamides is 1. The molecule has 0 spiro atoms. The lowest BCUT2D eigenvalue weighted by molar-refractivity contribution is -0.132.